The molecule has 2 rings (SSSR count). The topological polar surface area (TPSA) is 33.5 Å². The molecule has 116 valence electrons. The summed E-state index contributed by atoms with van der Waals surface area (Å²) in [5.74, 6) is -1.09. The van der Waals surface area contributed by atoms with E-state index in [0.29, 0.717) is 16.3 Å². The highest BCUT2D eigenvalue weighted by atomic mass is 35.5. The summed E-state index contributed by atoms with van der Waals surface area (Å²) in [6.07, 6.45) is 0. The zero-order valence-corrected chi connectivity index (χ0v) is 12.8. The zero-order chi connectivity index (χ0) is 16.1. The highest BCUT2D eigenvalue weighted by molar-refractivity contribution is 6.31. The molecule has 1 atom stereocenters. The molecule has 0 aliphatic carbocycles. The fraction of sp³-hybridized carbons (Fsp3) is 0.188. The van der Waals surface area contributed by atoms with Crippen molar-refractivity contribution in [2.45, 2.75) is 6.54 Å². The summed E-state index contributed by atoms with van der Waals surface area (Å²) < 4.78 is 26.7. The average Bonchev–Trinajstić information content (AvgIpc) is 2.43. The Morgan fingerprint density at radius 1 is 1.23 bits per heavy atom. The summed E-state index contributed by atoms with van der Waals surface area (Å²) >= 11 is 5.96. The van der Waals surface area contributed by atoms with Crippen molar-refractivity contribution < 1.29 is 18.5 Å². The normalized spacial score (nSPS) is 12.0. The van der Waals surface area contributed by atoms with Gasteiger partial charge in [-0.25, -0.2) is 8.78 Å². The standard InChI is InChI=1S/C16H15ClF2N2O/c1-21(9-13-14(17)6-3-7-15(13)19)10-16(22)20-12-5-2-4-11(18)8-12/h2-8H,9-10H2,1H3,(H,20,22)/p+1. The third-order valence-electron chi connectivity index (χ3n) is 3.11. The van der Waals surface area contributed by atoms with Crippen LogP contribution >= 0.6 is 11.6 Å². The Hall–Kier alpha value is -1.98. The molecule has 3 nitrogen and oxygen atoms in total. The molecule has 6 heteroatoms. The Balaban J connectivity index is 1.94. The van der Waals surface area contributed by atoms with Gasteiger partial charge in [0.15, 0.2) is 6.54 Å². The van der Waals surface area contributed by atoms with Gasteiger partial charge >= 0.3 is 0 Å². The number of likely N-dealkylation sites (N-methyl/N-ethyl adjacent to an activating group) is 1. The van der Waals surface area contributed by atoms with E-state index in [-0.39, 0.29) is 19.0 Å². The maximum Gasteiger partial charge on any atom is 0.279 e. The summed E-state index contributed by atoms with van der Waals surface area (Å²) in [5, 5.41) is 2.94. The minimum Gasteiger partial charge on any atom is -0.326 e. The van der Waals surface area contributed by atoms with Crippen molar-refractivity contribution in [1.82, 2.24) is 0 Å². The van der Waals surface area contributed by atoms with Gasteiger partial charge in [0, 0.05) is 5.69 Å². The summed E-state index contributed by atoms with van der Waals surface area (Å²) in [4.78, 5) is 12.7. The lowest BCUT2D eigenvalue weighted by molar-refractivity contribution is -0.885. The second-order valence-corrected chi connectivity index (χ2v) is 5.48. The smallest absolute Gasteiger partial charge is 0.279 e. The van der Waals surface area contributed by atoms with Crippen molar-refractivity contribution in [3.63, 3.8) is 0 Å². The molecule has 0 aliphatic heterocycles. The number of carbonyl (C=O) groups is 1. The van der Waals surface area contributed by atoms with Gasteiger partial charge in [0.2, 0.25) is 0 Å². The summed E-state index contributed by atoms with van der Waals surface area (Å²) in [6, 6.07) is 10.1. The van der Waals surface area contributed by atoms with Crippen molar-refractivity contribution in [3.05, 3.63) is 64.7 Å². The highest BCUT2D eigenvalue weighted by Crippen LogP contribution is 2.17. The quantitative estimate of drug-likeness (QED) is 0.869. The van der Waals surface area contributed by atoms with Crippen LogP contribution in [-0.2, 0) is 11.3 Å². The number of hydrogen-bond donors (Lipinski definition) is 2. The molecule has 0 heterocycles. The van der Waals surface area contributed by atoms with Gasteiger partial charge in [-0.05, 0) is 30.3 Å². The average molecular weight is 326 g/mol. The van der Waals surface area contributed by atoms with E-state index in [2.05, 4.69) is 5.32 Å². The first-order valence-electron chi connectivity index (χ1n) is 6.75. The van der Waals surface area contributed by atoms with E-state index in [1.165, 1.54) is 30.3 Å². The van der Waals surface area contributed by atoms with Crippen molar-refractivity contribution in [3.8, 4) is 0 Å². The summed E-state index contributed by atoms with van der Waals surface area (Å²) in [7, 11) is 1.76. The van der Waals surface area contributed by atoms with Gasteiger partial charge in [0.1, 0.15) is 18.2 Å². The van der Waals surface area contributed by atoms with Crippen molar-refractivity contribution in [1.29, 1.82) is 0 Å². The number of benzene rings is 2. The van der Waals surface area contributed by atoms with Crippen LogP contribution in [0.3, 0.4) is 0 Å². The van der Waals surface area contributed by atoms with Gasteiger partial charge < -0.3 is 10.2 Å². The maximum atomic E-state index is 13.7. The molecule has 0 saturated carbocycles. The van der Waals surface area contributed by atoms with Crippen LogP contribution < -0.4 is 10.2 Å². The van der Waals surface area contributed by atoms with Gasteiger partial charge in [-0.1, -0.05) is 23.7 Å². The first kappa shape index (κ1) is 16.4. The molecule has 0 aliphatic rings. The summed E-state index contributed by atoms with van der Waals surface area (Å²) in [6.45, 7) is 0.392. The summed E-state index contributed by atoms with van der Waals surface area (Å²) in [5.41, 5.74) is 0.766. The minimum atomic E-state index is -0.420. The van der Waals surface area contributed by atoms with Crippen LogP contribution in [0.15, 0.2) is 42.5 Å². The first-order chi connectivity index (χ1) is 10.5. The number of nitrogens with one attached hydrogen (secondary N) is 2. The molecule has 0 saturated heterocycles. The lowest BCUT2D eigenvalue weighted by Crippen LogP contribution is -3.08. The van der Waals surface area contributed by atoms with Gasteiger partial charge in [-0.15, -0.1) is 0 Å². The molecule has 1 amide bonds. The van der Waals surface area contributed by atoms with Crippen molar-refractivity contribution >= 4 is 23.2 Å². The number of halogens is 3. The van der Waals surface area contributed by atoms with Crippen LogP contribution in [-0.4, -0.2) is 19.5 Å². The maximum absolute atomic E-state index is 13.7. The van der Waals surface area contributed by atoms with Crippen LogP contribution in [0.5, 0.6) is 0 Å². The Labute approximate surface area is 132 Å². The fourth-order valence-electron chi connectivity index (χ4n) is 2.11. The van der Waals surface area contributed by atoms with E-state index < -0.39 is 11.6 Å². The third-order valence-corrected chi connectivity index (χ3v) is 3.47. The highest BCUT2D eigenvalue weighted by Gasteiger charge is 2.15. The van der Waals surface area contributed by atoms with E-state index in [9.17, 15) is 13.6 Å². The van der Waals surface area contributed by atoms with E-state index in [1.807, 2.05) is 0 Å². The molecule has 1 unspecified atom stereocenters. The van der Waals surface area contributed by atoms with E-state index in [4.69, 9.17) is 11.6 Å². The minimum absolute atomic E-state index is 0.112. The molecular formula is C16H16ClF2N2O+. The Morgan fingerprint density at radius 3 is 2.64 bits per heavy atom. The number of amides is 1. The number of hydrogen-bond acceptors (Lipinski definition) is 1. The third kappa shape index (κ3) is 4.51. The fourth-order valence-corrected chi connectivity index (χ4v) is 2.34. The molecule has 2 aromatic carbocycles. The Morgan fingerprint density at radius 2 is 1.95 bits per heavy atom. The van der Waals surface area contributed by atoms with Gasteiger partial charge in [-0.2, -0.15) is 0 Å². The molecule has 0 bridgehead atoms. The number of anilines is 1. The van der Waals surface area contributed by atoms with Crippen LogP contribution in [0, 0.1) is 11.6 Å². The van der Waals surface area contributed by atoms with E-state index in [0.717, 1.165) is 4.90 Å². The molecule has 2 aromatic rings. The van der Waals surface area contributed by atoms with Crippen LogP contribution in [0.4, 0.5) is 14.5 Å². The lowest BCUT2D eigenvalue weighted by atomic mass is 10.2. The molecular weight excluding hydrogens is 310 g/mol. The Kier molecular flexibility index (Phi) is 5.46. The molecule has 0 spiro atoms. The number of rotatable bonds is 5. The number of carbonyl (C=O) groups excluding carboxylic acids is 1. The second kappa shape index (κ2) is 7.33. The van der Waals surface area contributed by atoms with Gasteiger partial charge in [0.25, 0.3) is 5.91 Å². The van der Waals surface area contributed by atoms with E-state index in [1.54, 1.807) is 19.2 Å². The predicted octanol–water partition coefficient (Wildman–Crippen LogP) is 2.27. The molecule has 22 heavy (non-hydrogen) atoms. The predicted molar refractivity (Wildman–Crippen MR) is 81.9 cm³/mol. The molecule has 0 radical (unpaired) electrons. The van der Waals surface area contributed by atoms with Crippen LogP contribution in [0.25, 0.3) is 0 Å². The SMILES string of the molecule is C[NH+](CC(=O)Nc1cccc(F)c1)Cc1c(F)cccc1Cl. The Bertz CT molecular complexity index is 659. The van der Waals surface area contributed by atoms with Gasteiger partial charge in [0.05, 0.1) is 17.6 Å². The number of quaternary nitrogens is 1. The molecule has 0 aromatic heterocycles. The van der Waals surface area contributed by atoms with Crippen molar-refractivity contribution in [2.24, 2.45) is 0 Å². The largest absolute Gasteiger partial charge is 0.326 e. The van der Waals surface area contributed by atoms with Crippen LogP contribution in [0.1, 0.15) is 5.56 Å². The van der Waals surface area contributed by atoms with Crippen LogP contribution in [0.2, 0.25) is 5.02 Å². The molecule has 0 fully saturated rings. The van der Waals surface area contributed by atoms with E-state index >= 15 is 0 Å². The monoisotopic (exact) mass is 325 g/mol. The zero-order valence-electron chi connectivity index (χ0n) is 12.0. The second-order valence-electron chi connectivity index (χ2n) is 5.07. The van der Waals surface area contributed by atoms with Crippen molar-refractivity contribution in [2.75, 3.05) is 18.9 Å². The molecule has 2 N–H and O–H groups in total. The van der Waals surface area contributed by atoms with Gasteiger partial charge in [-0.3, -0.25) is 4.79 Å². The first-order valence-corrected chi connectivity index (χ1v) is 7.13. The lowest BCUT2D eigenvalue weighted by Gasteiger charge is -2.15.